The van der Waals surface area contributed by atoms with Gasteiger partial charge in [0.1, 0.15) is 0 Å². The van der Waals surface area contributed by atoms with Gasteiger partial charge in [-0.2, -0.15) is 0 Å². The molecule has 0 aliphatic heterocycles. The molecule has 0 unspecified atom stereocenters. The summed E-state index contributed by atoms with van der Waals surface area (Å²) in [5.74, 6) is 0. The van der Waals surface area contributed by atoms with Gasteiger partial charge in [-0.25, -0.2) is 0 Å². The molecule has 0 rings (SSSR count). The van der Waals surface area contributed by atoms with E-state index in [2.05, 4.69) is 0 Å². The van der Waals surface area contributed by atoms with Crippen LogP contribution in [0.2, 0.25) is 0 Å². The second-order valence-electron chi connectivity index (χ2n) is 0.816. The number of rotatable bonds is 0. The van der Waals surface area contributed by atoms with Crippen molar-refractivity contribution in [2.45, 2.75) is 0 Å². The Labute approximate surface area is 112 Å². The van der Waals surface area contributed by atoms with Gasteiger partial charge >= 0.3 is 57.2 Å². The first-order valence-electron chi connectivity index (χ1n) is 1.33. The summed E-state index contributed by atoms with van der Waals surface area (Å²) >= 11 is 0. The maximum Gasteiger partial charge on any atom is 2.00 e. The SMILES string of the molecule is O=S(=O)([O-])[O-].O=S(=O)([O-])[O-].[Ca+2].[Zn+2]. The van der Waals surface area contributed by atoms with Gasteiger partial charge in [-0.05, 0) is 0 Å². The molecule has 0 aromatic carbocycles. The zero-order valence-electron chi connectivity index (χ0n) is 5.50. The molecule has 8 nitrogen and oxygen atoms in total. The third-order valence-electron chi connectivity index (χ3n) is 0. The van der Waals surface area contributed by atoms with Crippen LogP contribution in [0.3, 0.4) is 0 Å². The summed E-state index contributed by atoms with van der Waals surface area (Å²) in [6.07, 6.45) is 0. The van der Waals surface area contributed by atoms with E-state index in [0.29, 0.717) is 0 Å². The molecule has 0 N–H and O–H groups in total. The van der Waals surface area contributed by atoms with Crippen molar-refractivity contribution in [2.24, 2.45) is 0 Å². The van der Waals surface area contributed by atoms with Crippen molar-refractivity contribution in [3.63, 3.8) is 0 Å². The van der Waals surface area contributed by atoms with E-state index in [1.54, 1.807) is 0 Å². The molecule has 0 fully saturated rings. The fourth-order valence-corrected chi connectivity index (χ4v) is 0. The first-order chi connectivity index (χ1) is 4.00. The minimum Gasteiger partial charge on any atom is -0.759 e. The summed E-state index contributed by atoms with van der Waals surface area (Å²) in [7, 11) is -10.3. The minimum absolute atomic E-state index is 0. The first-order valence-corrected chi connectivity index (χ1v) is 4.00. The Morgan fingerprint density at radius 1 is 0.667 bits per heavy atom. The third-order valence-corrected chi connectivity index (χ3v) is 0. The molecule has 12 heteroatoms. The summed E-state index contributed by atoms with van der Waals surface area (Å²) in [4.78, 5) is 0. The van der Waals surface area contributed by atoms with Crippen LogP contribution in [0.4, 0.5) is 0 Å². The van der Waals surface area contributed by atoms with Gasteiger partial charge < -0.3 is 18.2 Å². The zero-order valence-corrected chi connectivity index (χ0v) is 12.3. The monoisotopic (exact) mass is 296 g/mol. The second-order valence-corrected chi connectivity index (χ2v) is 2.45. The first kappa shape index (κ1) is 23.4. The van der Waals surface area contributed by atoms with Crippen molar-refractivity contribution >= 4 is 58.5 Å². The van der Waals surface area contributed by atoms with Crippen molar-refractivity contribution < 1.29 is 54.5 Å². The maximum atomic E-state index is 8.52. The molecule has 0 spiro atoms. The van der Waals surface area contributed by atoms with Crippen LogP contribution >= 0.6 is 0 Å². The maximum absolute atomic E-state index is 8.52. The molecule has 0 saturated heterocycles. The minimum atomic E-state index is -5.17. The van der Waals surface area contributed by atoms with Crippen LogP contribution in [0.25, 0.3) is 0 Å². The quantitative estimate of drug-likeness (QED) is 0.258. The Morgan fingerprint density at radius 2 is 0.667 bits per heavy atom. The van der Waals surface area contributed by atoms with Crippen molar-refractivity contribution in [3.05, 3.63) is 0 Å². The van der Waals surface area contributed by atoms with Gasteiger partial charge in [-0.3, -0.25) is 16.8 Å². The average Bonchev–Trinajstić information content (AvgIpc) is 1.12. The van der Waals surface area contributed by atoms with Crippen LogP contribution in [-0.2, 0) is 40.3 Å². The van der Waals surface area contributed by atoms with Crippen LogP contribution in [0.1, 0.15) is 0 Å². The average molecular weight is 298 g/mol. The Kier molecular flexibility index (Phi) is 17.9. The number of hydrogen-bond acceptors (Lipinski definition) is 8. The van der Waals surface area contributed by atoms with Crippen molar-refractivity contribution in [1.29, 1.82) is 0 Å². The van der Waals surface area contributed by atoms with Crippen molar-refractivity contribution in [1.82, 2.24) is 0 Å². The molecule has 0 atom stereocenters. The van der Waals surface area contributed by atoms with Gasteiger partial charge in [0.2, 0.25) is 0 Å². The molecular formula is CaO8S2Zn. The molecule has 0 aromatic rings. The molecule has 0 aliphatic rings. The van der Waals surface area contributed by atoms with Crippen LogP contribution in [0, 0.1) is 0 Å². The molecule has 0 amide bonds. The molecule has 0 heterocycles. The Bertz CT molecular complexity index is 213. The molecule has 0 aliphatic carbocycles. The van der Waals surface area contributed by atoms with Gasteiger partial charge in [0, 0.05) is 20.8 Å². The summed E-state index contributed by atoms with van der Waals surface area (Å²) in [6.45, 7) is 0. The van der Waals surface area contributed by atoms with E-state index in [1.165, 1.54) is 0 Å². The van der Waals surface area contributed by atoms with Gasteiger partial charge in [0.15, 0.2) is 0 Å². The van der Waals surface area contributed by atoms with Crippen molar-refractivity contribution in [2.75, 3.05) is 0 Å². The van der Waals surface area contributed by atoms with Crippen LogP contribution in [0.5, 0.6) is 0 Å². The standard InChI is InChI=1S/Ca.2H2O4S.Zn/c;2*1-5(2,3)4;/h;2*(H2,1,2,3,4);/q+2;;;+2/p-4. The Balaban J connectivity index is -0.0000000457. The molecule has 64 valence electrons. The van der Waals surface area contributed by atoms with E-state index in [-0.39, 0.29) is 57.2 Å². The molecule has 12 heavy (non-hydrogen) atoms. The van der Waals surface area contributed by atoms with E-state index >= 15 is 0 Å². The smallest absolute Gasteiger partial charge is 0.759 e. The third kappa shape index (κ3) is 498. The van der Waals surface area contributed by atoms with Gasteiger partial charge in [-0.1, -0.05) is 0 Å². The Hall–Kier alpha value is 1.62. The fourth-order valence-electron chi connectivity index (χ4n) is 0. The molecule has 0 aromatic heterocycles. The second kappa shape index (κ2) is 9.19. The topological polar surface area (TPSA) is 161 Å². The van der Waals surface area contributed by atoms with E-state index in [1.807, 2.05) is 0 Å². The van der Waals surface area contributed by atoms with Crippen molar-refractivity contribution in [3.8, 4) is 0 Å². The molecular weight excluding hydrogens is 298 g/mol. The molecule has 0 bridgehead atoms. The normalized spacial score (nSPS) is 9.67. The van der Waals surface area contributed by atoms with Gasteiger partial charge in [-0.15, -0.1) is 0 Å². The predicted molar refractivity (Wildman–Crippen MR) is 26.7 cm³/mol. The summed E-state index contributed by atoms with van der Waals surface area (Å²) in [5.41, 5.74) is 0. The van der Waals surface area contributed by atoms with Crippen LogP contribution in [0.15, 0.2) is 0 Å². The fraction of sp³-hybridized carbons (Fsp3) is 0. The molecule has 0 saturated carbocycles. The van der Waals surface area contributed by atoms with E-state index in [4.69, 9.17) is 35.0 Å². The number of hydrogen-bond donors (Lipinski definition) is 0. The molecule has 0 radical (unpaired) electrons. The van der Waals surface area contributed by atoms with E-state index in [9.17, 15) is 0 Å². The van der Waals surface area contributed by atoms with E-state index < -0.39 is 20.8 Å². The summed E-state index contributed by atoms with van der Waals surface area (Å²) in [5, 5.41) is 0. The van der Waals surface area contributed by atoms with Gasteiger partial charge in [0.25, 0.3) is 0 Å². The van der Waals surface area contributed by atoms with E-state index in [0.717, 1.165) is 0 Å². The summed E-state index contributed by atoms with van der Waals surface area (Å²) < 4.78 is 68.2. The van der Waals surface area contributed by atoms with Crippen LogP contribution < -0.4 is 0 Å². The zero-order chi connectivity index (χ0) is 9.00. The predicted octanol–water partition coefficient (Wildman–Crippen LogP) is -3.06. The summed E-state index contributed by atoms with van der Waals surface area (Å²) in [6, 6.07) is 0. The Morgan fingerprint density at radius 3 is 0.667 bits per heavy atom. The van der Waals surface area contributed by atoms with Crippen LogP contribution in [-0.4, -0.2) is 72.8 Å². The van der Waals surface area contributed by atoms with Gasteiger partial charge in [0.05, 0.1) is 0 Å². The largest absolute Gasteiger partial charge is 2.00 e.